The Bertz CT molecular complexity index is 822. The number of nitrogens with zero attached hydrogens (tertiary/aromatic N) is 2. The molecule has 1 fully saturated rings. The molecule has 1 heterocycles. The van der Waals surface area contributed by atoms with Crippen molar-refractivity contribution in [1.29, 1.82) is 0 Å². The quantitative estimate of drug-likeness (QED) is 0.598. The molecule has 1 aliphatic heterocycles. The molecule has 5 nitrogen and oxygen atoms in total. The third-order valence-electron chi connectivity index (χ3n) is 4.10. The van der Waals surface area contributed by atoms with Gasteiger partial charge in [-0.15, -0.1) is 0 Å². The number of nitrogens with one attached hydrogen (secondary N) is 1. The van der Waals surface area contributed by atoms with Gasteiger partial charge in [0.1, 0.15) is 0 Å². The van der Waals surface area contributed by atoms with Crippen molar-refractivity contribution in [2.45, 2.75) is 19.1 Å². The van der Waals surface area contributed by atoms with Gasteiger partial charge in [0.15, 0.2) is 0 Å². The van der Waals surface area contributed by atoms with Crippen LogP contribution < -0.4 is 5.32 Å². The van der Waals surface area contributed by atoms with Crippen molar-refractivity contribution < 1.29 is 22.8 Å². The lowest BCUT2D eigenvalue weighted by Crippen LogP contribution is -2.53. The third kappa shape index (κ3) is 5.67. The number of urea groups is 1. The van der Waals surface area contributed by atoms with Crippen molar-refractivity contribution in [2.75, 3.05) is 26.2 Å². The fraction of sp³-hybridized carbons (Fsp3) is 0.368. The number of benzene rings is 1. The van der Waals surface area contributed by atoms with Gasteiger partial charge in [-0.25, -0.2) is 4.79 Å². The first kappa shape index (κ1) is 21.6. The van der Waals surface area contributed by atoms with E-state index in [1.165, 1.54) is 12.1 Å². The molecular weight excluding hydrogens is 395 g/mol. The molecule has 1 aromatic rings. The minimum absolute atomic E-state index is 0.172. The summed E-state index contributed by atoms with van der Waals surface area (Å²) in [4.78, 5) is 27.0. The van der Waals surface area contributed by atoms with Gasteiger partial charge in [-0.1, -0.05) is 30.0 Å². The lowest BCUT2D eigenvalue weighted by molar-refractivity contribution is -0.137. The summed E-state index contributed by atoms with van der Waals surface area (Å²) in [6.45, 7) is 6.71. The van der Waals surface area contributed by atoms with Gasteiger partial charge in [0.2, 0.25) is 5.91 Å². The first-order valence-corrected chi connectivity index (χ1v) is 8.84. The van der Waals surface area contributed by atoms with Crippen LogP contribution in [0.2, 0.25) is 5.02 Å². The van der Waals surface area contributed by atoms with Crippen LogP contribution in [0.25, 0.3) is 0 Å². The van der Waals surface area contributed by atoms with Crippen LogP contribution in [0.5, 0.6) is 0 Å². The molecule has 3 amide bonds. The number of carbonyl (C=O) groups excluding carboxylic acids is 2. The van der Waals surface area contributed by atoms with Crippen LogP contribution in [0.15, 0.2) is 30.9 Å². The Morgan fingerprint density at radius 2 is 1.86 bits per heavy atom. The number of alkyl halides is 3. The summed E-state index contributed by atoms with van der Waals surface area (Å²) in [6.07, 6.45) is -3.29. The summed E-state index contributed by atoms with van der Waals surface area (Å²) < 4.78 is 38.1. The van der Waals surface area contributed by atoms with Crippen LogP contribution in [0.4, 0.5) is 18.0 Å². The molecule has 0 aliphatic carbocycles. The largest absolute Gasteiger partial charge is 0.417 e. The van der Waals surface area contributed by atoms with E-state index in [1.807, 2.05) is 0 Å². The van der Waals surface area contributed by atoms with Crippen LogP contribution >= 0.6 is 11.6 Å². The van der Waals surface area contributed by atoms with E-state index in [-0.39, 0.29) is 11.9 Å². The second kappa shape index (κ2) is 9.02. The van der Waals surface area contributed by atoms with Crippen LogP contribution in [-0.4, -0.2) is 54.0 Å². The second-order valence-corrected chi connectivity index (χ2v) is 6.56. The second-order valence-electron chi connectivity index (χ2n) is 6.15. The van der Waals surface area contributed by atoms with Crippen molar-refractivity contribution in [3.63, 3.8) is 0 Å². The molecule has 1 aromatic carbocycles. The van der Waals surface area contributed by atoms with E-state index in [4.69, 9.17) is 11.6 Å². The fourth-order valence-electron chi connectivity index (χ4n) is 2.59. The highest BCUT2D eigenvalue weighted by atomic mass is 35.5. The molecule has 150 valence electrons. The maximum Gasteiger partial charge on any atom is 0.417 e. The Morgan fingerprint density at radius 1 is 1.25 bits per heavy atom. The summed E-state index contributed by atoms with van der Waals surface area (Å²) in [5.74, 6) is 5.30. The molecule has 0 radical (unpaired) electrons. The number of hydrogen-bond acceptors (Lipinski definition) is 2. The van der Waals surface area contributed by atoms with Gasteiger partial charge >= 0.3 is 12.2 Å². The summed E-state index contributed by atoms with van der Waals surface area (Å²) in [6, 6.07) is 2.40. The molecule has 0 bridgehead atoms. The smallest absolute Gasteiger partial charge is 0.336 e. The maximum absolute atomic E-state index is 12.7. The standard InChI is InChI=1S/C19H19ClF3N3O2/c1-3-17(27)25-8-10-26(11-9-25)18(28)24-13(2)4-5-14-6-7-15(16(20)12-14)19(21,22)23/h3,6-7,12-13H,1,8-11H2,2H3,(H,24,28). The minimum Gasteiger partial charge on any atom is -0.336 e. The monoisotopic (exact) mass is 413 g/mol. The molecule has 0 spiro atoms. The molecule has 1 N–H and O–H groups in total. The first-order chi connectivity index (χ1) is 13.1. The highest BCUT2D eigenvalue weighted by molar-refractivity contribution is 6.31. The maximum atomic E-state index is 12.7. The summed E-state index contributed by atoms with van der Waals surface area (Å²) >= 11 is 5.66. The number of rotatable bonds is 2. The number of piperazine rings is 1. The molecular formula is C19H19ClF3N3O2. The van der Waals surface area contributed by atoms with Crippen LogP contribution in [-0.2, 0) is 11.0 Å². The van der Waals surface area contributed by atoms with E-state index in [2.05, 4.69) is 23.7 Å². The SMILES string of the molecule is C=CC(=O)N1CCN(C(=O)NC(C)C#Cc2ccc(C(F)(F)F)c(Cl)c2)CC1. The highest BCUT2D eigenvalue weighted by Crippen LogP contribution is 2.34. The molecule has 0 saturated carbocycles. The Morgan fingerprint density at radius 3 is 2.39 bits per heavy atom. The topological polar surface area (TPSA) is 52.7 Å². The van der Waals surface area contributed by atoms with E-state index >= 15 is 0 Å². The van der Waals surface area contributed by atoms with E-state index < -0.39 is 22.8 Å². The number of carbonyl (C=O) groups is 2. The van der Waals surface area contributed by atoms with Crippen molar-refractivity contribution >= 4 is 23.5 Å². The Kier molecular flexibility index (Phi) is 6.97. The van der Waals surface area contributed by atoms with Crippen LogP contribution in [0, 0.1) is 11.8 Å². The van der Waals surface area contributed by atoms with Gasteiger partial charge in [0.25, 0.3) is 0 Å². The molecule has 28 heavy (non-hydrogen) atoms. The average molecular weight is 414 g/mol. The Balaban J connectivity index is 1.92. The zero-order valence-corrected chi connectivity index (χ0v) is 15.9. The van der Waals surface area contributed by atoms with Crippen LogP contribution in [0.1, 0.15) is 18.1 Å². The predicted molar refractivity (Wildman–Crippen MR) is 99.7 cm³/mol. The van der Waals surface area contributed by atoms with Gasteiger partial charge in [-0.3, -0.25) is 4.79 Å². The highest BCUT2D eigenvalue weighted by Gasteiger charge is 2.32. The molecule has 1 saturated heterocycles. The fourth-order valence-corrected chi connectivity index (χ4v) is 2.87. The van der Waals surface area contributed by atoms with Crippen molar-refractivity contribution in [3.8, 4) is 11.8 Å². The van der Waals surface area contributed by atoms with Crippen LogP contribution in [0.3, 0.4) is 0 Å². The van der Waals surface area contributed by atoms with Gasteiger partial charge in [0.05, 0.1) is 16.6 Å². The third-order valence-corrected chi connectivity index (χ3v) is 4.41. The summed E-state index contributed by atoms with van der Waals surface area (Å²) in [5, 5.41) is 2.28. The Hall–Kier alpha value is -2.66. The normalized spacial score (nSPS) is 15.3. The van der Waals surface area contributed by atoms with E-state index in [0.29, 0.717) is 31.7 Å². The zero-order chi connectivity index (χ0) is 20.9. The average Bonchev–Trinajstić information content (AvgIpc) is 2.64. The van der Waals surface area contributed by atoms with Crippen molar-refractivity contribution in [1.82, 2.24) is 15.1 Å². The molecule has 1 atom stereocenters. The molecule has 1 unspecified atom stereocenters. The van der Waals surface area contributed by atoms with E-state index in [0.717, 1.165) is 12.1 Å². The zero-order valence-electron chi connectivity index (χ0n) is 15.1. The molecule has 1 aliphatic rings. The molecule has 9 heteroatoms. The van der Waals surface area contributed by atoms with Gasteiger partial charge < -0.3 is 15.1 Å². The predicted octanol–water partition coefficient (Wildman–Crippen LogP) is 3.14. The van der Waals surface area contributed by atoms with Gasteiger partial charge in [-0.05, 0) is 31.2 Å². The van der Waals surface area contributed by atoms with E-state index in [1.54, 1.807) is 16.7 Å². The van der Waals surface area contributed by atoms with Crippen molar-refractivity contribution in [3.05, 3.63) is 47.0 Å². The number of amides is 3. The lowest BCUT2D eigenvalue weighted by Gasteiger charge is -2.34. The Labute approximate surface area is 166 Å². The van der Waals surface area contributed by atoms with Crippen molar-refractivity contribution in [2.24, 2.45) is 0 Å². The van der Waals surface area contributed by atoms with Gasteiger partial charge in [-0.2, -0.15) is 13.2 Å². The van der Waals surface area contributed by atoms with E-state index in [9.17, 15) is 22.8 Å². The summed E-state index contributed by atoms with van der Waals surface area (Å²) in [5.41, 5.74) is -0.606. The first-order valence-electron chi connectivity index (χ1n) is 8.47. The lowest BCUT2D eigenvalue weighted by atomic mass is 10.1. The molecule has 2 rings (SSSR count). The minimum atomic E-state index is -4.52. The number of hydrogen-bond donors (Lipinski definition) is 1. The number of halogens is 4. The molecule has 0 aromatic heterocycles. The van der Waals surface area contributed by atoms with Gasteiger partial charge in [0, 0.05) is 31.7 Å². The summed E-state index contributed by atoms with van der Waals surface area (Å²) in [7, 11) is 0.